The molecular formula is C11H13ClN4. The number of hydrogen-bond acceptors (Lipinski definition) is 3. The van der Waals surface area contributed by atoms with Gasteiger partial charge in [0, 0.05) is 18.5 Å². The first-order chi connectivity index (χ1) is 7.65. The Labute approximate surface area is 99.1 Å². The monoisotopic (exact) mass is 236 g/mol. The average Bonchev–Trinajstić information content (AvgIpc) is 2.54. The molecule has 0 radical (unpaired) electrons. The summed E-state index contributed by atoms with van der Waals surface area (Å²) >= 11 is 5.91. The predicted octanol–water partition coefficient (Wildman–Crippen LogP) is 1.84. The molecule has 2 rings (SSSR count). The van der Waals surface area contributed by atoms with Crippen LogP contribution in [0.25, 0.3) is 0 Å². The van der Waals surface area contributed by atoms with Crippen LogP contribution in [0.3, 0.4) is 0 Å². The van der Waals surface area contributed by atoms with E-state index in [4.69, 9.17) is 17.3 Å². The molecule has 0 fully saturated rings. The minimum absolute atomic E-state index is 0.323. The van der Waals surface area contributed by atoms with Crippen LogP contribution in [0.5, 0.6) is 0 Å². The molecule has 16 heavy (non-hydrogen) atoms. The molecule has 0 amide bonds. The van der Waals surface area contributed by atoms with Crippen LogP contribution in [0.4, 0.5) is 5.95 Å². The topological polar surface area (TPSA) is 56.7 Å². The lowest BCUT2D eigenvalue weighted by Gasteiger charge is -2.01. The molecule has 4 nitrogen and oxygen atoms in total. The predicted molar refractivity (Wildman–Crippen MR) is 64.3 cm³/mol. The Bertz CT molecular complexity index is 492. The van der Waals surface area contributed by atoms with E-state index in [1.54, 1.807) is 4.68 Å². The molecule has 0 bridgehead atoms. The molecule has 0 unspecified atom stereocenters. The second kappa shape index (κ2) is 4.53. The second-order valence-electron chi connectivity index (χ2n) is 3.64. The maximum Gasteiger partial charge on any atom is 0.239 e. The molecule has 0 atom stereocenters. The summed E-state index contributed by atoms with van der Waals surface area (Å²) in [6, 6.07) is 7.82. The van der Waals surface area contributed by atoms with Gasteiger partial charge in [0.1, 0.15) is 5.82 Å². The molecule has 1 heterocycles. The number of anilines is 1. The van der Waals surface area contributed by atoms with E-state index < -0.39 is 0 Å². The Balaban J connectivity index is 2.05. The van der Waals surface area contributed by atoms with Crippen molar-refractivity contribution in [2.45, 2.75) is 12.8 Å². The highest BCUT2D eigenvalue weighted by atomic mass is 35.5. The maximum atomic E-state index is 5.91. The summed E-state index contributed by atoms with van der Waals surface area (Å²) in [7, 11) is 1.84. The van der Waals surface area contributed by atoms with Gasteiger partial charge in [0.2, 0.25) is 5.95 Å². The lowest BCUT2D eigenvalue weighted by Crippen LogP contribution is -2.01. The van der Waals surface area contributed by atoms with Crippen molar-refractivity contribution in [3.63, 3.8) is 0 Å². The molecule has 2 aromatic rings. The molecule has 5 heteroatoms. The van der Waals surface area contributed by atoms with E-state index in [-0.39, 0.29) is 0 Å². The second-order valence-corrected chi connectivity index (χ2v) is 4.08. The van der Waals surface area contributed by atoms with Crippen molar-refractivity contribution in [1.29, 1.82) is 0 Å². The molecule has 0 aliphatic heterocycles. The summed E-state index contributed by atoms with van der Waals surface area (Å²) < 4.78 is 1.71. The third kappa shape index (κ3) is 2.52. The Morgan fingerprint density at radius 2 is 2.19 bits per heavy atom. The molecular weight excluding hydrogens is 224 g/mol. The van der Waals surface area contributed by atoms with Gasteiger partial charge in [-0.15, -0.1) is 5.10 Å². The Hall–Kier alpha value is -1.55. The summed E-state index contributed by atoms with van der Waals surface area (Å²) in [5.74, 6) is 1.21. The summed E-state index contributed by atoms with van der Waals surface area (Å²) in [5, 5.41) is 4.76. The number of halogens is 1. The van der Waals surface area contributed by atoms with Crippen molar-refractivity contribution in [1.82, 2.24) is 14.8 Å². The third-order valence-electron chi connectivity index (χ3n) is 2.40. The van der Waals surface area contributed by atoms with Crippen molar-refractivity contribution >= 4 is 17.5 Å². The van der Waals surface area contributed by atoms with Gasteiger partial charge in [0.15, 0.2) is 0 Å². The summed E-state index contributed by atoms with van der Waals surface area (Å²) in [4.78, 5) is 4.14. The van der Waals surface area contributed by atoms with Crippen LogP contribution in [0.1, 0.15) is 11.4 Å². The first kappa shape index (κ1) is 11.0. The van der Waals surface area contributed by atoms with Crippen LogP contribution in [-0.4, -0.2) is 14.8 Å². The highest BCUT2D eigenvalue weighted by Gasteiger charge is 2.04. The molecule has 0 saturated heterocycles. The number of hydrogen-bond donors (Lipinski definition) is 1. The molecule has 1 aromatic heterocycles. The summed E-state index contributed by atoms with van der Waals surface area (Å²) in [6.45, 7) is 0. The van der Waals surface area contributed by atoms with E-state index in [1.807, 2.05) is 31.3 Å². The standard InChI is InChI=1S/C11H13ClN4/c1-16-10(14-11(13)15-16)6-5-8-3-2-4-9(12)7-8/h2-4,7H,5-6H2,1H3,(H2,13,15). The SMILES string of the molecule is Cn1nc(N)nc1CCc1cccc(Cl)c1. The van der Waals surface area contributed by atoms with Crippen molar-refractivity contribution in [3.8, 4) is 0 Å². The van der Waals surface area contributed by atoms with Gasteiger partial charge < -0.3 is 5.73 Å². The van der Waals surface area contributed by atoms with Gasteiger partial charge in [-0.2, -0.15) is 4.98 Å². The minimum atomic E-state index is 0.323. The molecule has 1 aromatic carbocycles. The fourth-order valence-electron chi connectivity index (χ4n) is 1.60. The van der Waals surface area contributed by atoms with Gasteiger partial charge in [-0.25, -0.2) is 0 Å². The highest BCUT2D eigenvalue weighted by Crippen LogP contribution is 2.12. The minimum Gasteiger partial charge on any atom is -0.366 e. The Morgan fingerprint density at radius 1 is 1.38 bits per heavy atom. The number of aromatic nitrogens is 3. The molecule has 84 valence electrons. The van der Waals surface area contributed by atoms with Gasteiger partial charge >= 0.3 is 0 Å². The first-order valence-electron chi connectivity index (χ1n) is 5.05. The van der Waals surface area contributed by atoms with E-state index in [0.29, 0.717) is 5.95 Å². The van der Waals surface area contributed by atoms with Gasteiger partial charge in [-0.1, -0.05) is 23.7 Å². The van der Waals surface area contributed by atoms with E-state index in [9.17, 15) is 0 Å². The van der Waals surface area contributed by atoms with E-state index in [0.717, 1.165) is 23.7 Å². The van der Waals surface area contributed by atoms with Crippen molar-refractivity contribution in [3.05, 3.63) is 40.7 Å². The number of rotatable bonds is 3. The van der Waals surface area contributed by atoms with Crippen LogP contribution < -0.4 is 5.73 Å². The van der Waals surface area contributed by atoms with Crippen LogP contribution in [0.15, 0.2) is 24.3 Å². The zero-order chi connectivity index (χ0) is 11.5. The van der Waals surface area contributed by atoms with Crippen molar-refractivity contribution in [2.75, 3.05) is 5.73 Å². The Kier molecular flexibility index (Phi) is 3.10. The molecule has 0 aliphatic carbocycles. The normalized spacial score (nSPS) is 10.6. The zero-order valence-corrected chi connectivity index (χ0v) is 9.78. The number of aryl methyl sites for hydroxylation is 3. The number of nitrogen functional groups attached to an aromatic ring is 1. The Morgan fingerprint density at radius 3 is 2.81 bits per heavy atom. The maximum absolute atomic E-state index is 5.91. The van der Waals surface area contributed by atoms with Crippen molar-refractivity contribution in [2.24, 2.45) is 7.05 Å². The molecule has 0 saturated carbocycles. The van der Waals surface area contributed by atoms with Gasteiger partial charge in [0.25, 0.3) is 0 Å². The van der Waals surface area contributed by atoms with E-state index >= 15 is 0 Å². The fraction of sp³-hybridized carbons (Fsp3) is 0.273. The highest BCUT2D eigenvalue weighted by molar-refractivity contribution is 6.30. The smallest absolute Gasteiger partial charge is 0.239 e. The fourth-order valence-corrected chi connectivity index (χ4v) is 1.82. The van der Waals surface area contributed by atoms with Gasteiger partial charge in [0.05, 0.1) is 0 Å². The zero-order valence-electron chi connectivity index (χ0n) is 9.02. The quantitative estimate of drug-likeness (QED) is 0.885. The van der Waals surface area contributed by atoms with Crippen LogP contribution in [0, 0.1) is 0 Å². The van der Waals surface area contributed by atoms with Gasteiger partial charge in [-0.05, 0) is 24.1 Å². The summed E-state index contributed by atoms with van der Waals surface area (Å²) in [6.07, 6.45) is 1.69. The van der Waals surface area contributed by atoms with Crippen LogP contribution >= 0.6 is 11.6 Å². The van der Waals surface area contributed by atoms with E-state index in [1.165, 1.54) is 5.56 Å². The molecule has 0 spiro atoms. The molecule has 0 aliphatic rings. The van der Waals surface area contributed by atoms with Gasteiger partial charge in [-0.3, -0.25) is 4.68 Å². The average molecular weight is 237 g/mol. The van der Waals surface area contributed by atoms with E-state index in [2.05, 4.69) is 10.1 Å². The lowest BCUT2D eigenvalue weighted by molar-refractivity contribution is 0.694. The number of nitrogens with two attached hydrogens (primary N) is 1. The lowest BCUT2D eigenvalue weighted by atomic mass is 10.1. The largest absolute Gasteiger partial charge is 0.366 e. The first-order valence-corrected chi connectivity index (χ1v) is 5.43. The van der Waals surface area contributed by atoms with Crippen molar-refractivity contribution < 1.29 is 0 Å². The van der Waals surface area contributed by atoms with Crippen LogP contribution in [-0.2, 0) is 19.9 Å². The summed E-state index contributed by atoms with van der Waals surface area (Å²) in [5.41, 5.74) is 6.70. The van der Waals surface area contributed by atoms with Crippen LogP contribution in [0.2, 0.25) is 5.02 Å². The number of benzene rings is 1. The third-order valence-corrected chi connectivity index (χ3v) is 2.63. The number of nitrogens with zero attached hydrogens (tertiary/aromatic N) is 3. The molecule has 2 N–H and O–H groups in total.